The smallest absolute Gasteiger partial charge is 0.268 e. The van der Waals surface area contributed by atoms with Crippen LogP contribution in [-0.4, -0.2) is 19.3 Å². The minimum Gasteiger partial charge on any atom is -0.506 e. The fraction of sp³-hybridized carbons (Fsp3) is 0.182. The Kier molecular flexibility index (Phi) is 4.84. The summed E-state index contributed by atoms with van der Waals surface area (Å²) in [7, 11) is 0. The SMILES string of the molecule is CCn1c(=O)c(Sc2c(O)c3ccccc3n(CC)c2=O)c(O)c2ccccc21. The number of aryl methyl sites for hydroxylation is 2. The third kappa shape index (κ3) is 2.89. The van der Waals surface area contributed by atoms with Crippen molar-refractivity contribution in [2.24, 2.45) is 0 Å². The Morgan fingerprint density at radius 1 is 0.724 bits per heavy atom. The van der Waals surface area contributed by atoms with Crippen LogP contribution in [0.3, 0.4) is 0 Å². The highest BCUT2D eigenvalue weighted by Crippen LogP contribution is 2.40. The molecule has 0 saturated carbocycles. The quantitative estimate of drug-likeness (QED) is 0.535. The van der Waals surface area contributed by atoms with E-state index in [0.29, 0.717) is 34.9 Å². The summed E-state index contributed by atoms with van der Waals surface area (Å²) in [6.45, 7) is 4.51. The molecule has 0 radical (unpaired) electrons. The van der Waals surface area contributed by atoms with E-state index in [1.54, 1.807) is 57.7 Å². The maximum Gasteiger partial charge on any atom is 0.268 e. The molecular weight excluding hydrogens is 388 g/mol. The van der Waals surface area contributed by atoms with E-state index < -0.39 is 11.1 Å². The van der Waals surface area contributed by atoms with Gasteiger partial charge < -0.3 is 19.3 Å². The third-order valence-electron chi connectivity index (χ3n) is 5.05. The number of pyridine rings is 2. The lowest BCUT2D eigenvalue weighted by molar-refractivity contribution is 0.461. The lowest BCUT2D eigenvalue weighted by atomic mass is 10.2. The van der Waals surface area contributed by atoms with E-state index >= 15 is 0 Å². The Hall–Kier alpha value is -3.19. The first-order valence-corrected chi connectivity index (χ1v) is 10.2. The molecule has 0 spiro atoms. The van der Waals surface area contributed by atoms with Gasteiger partial charge in [-0.1, -0.05) is 36.0 Å². The number of aromatic hydroxyl groups is 2. The van der Waals surface area contributed by atoms with Crippen molar-refractivity contribution in [3.63, 3.8) is 0 Å². The van der Waals surface area contributed by atoms with Crippen LogP contribution in [0.15, 0.2) is 67.9 Å². The minimum absolute atomic E-state index is 0.0240. The van der Waals surface area contributed by atoms with Crippen molar-refractivity contribution >= 4 is 33.6 Å². The van der Waals surface area contributed by atoms with Crippen LogP contribution < -0.4 is 11.1 Å². The highest BCUT2D eigenvalue weighted by Gasteiger charge is 2.22. The summed E-state index contributed by atoms with van der Waals surface area (Å²) in [6.07, 6.45) is 0. The van der Waals surface area contributed by atoms with Crippen molar-refractivity contribution in [3.05, 3.63) is 69.2 Å². The number of hydrogen-bond acceptors (Lipinski definition) is 5. The lowest BCUT2D eigenvalue weighted by Gasteiger charge is -2.15. The first-order valence-electron chi connectivity index (χ1n) is 9.36. The first-order chi connectivity index (χ1) is 14.0. The van der Waals surface area contributed by atoms with Gasteiger partial charge in [0.05, 0.1) is 11.0 Å². The third-order valence-corrected chi connectivity index (χ3v) is 6.19. The van der Waals surface area contributed by atoms with Gasteiger partial charge in [0.15, 0.2) is 0 Å². The molecule has 0 aliphatic heterocycles. The van der Waals surface area contributed by atoms with Gasteiger partial charge >= 0.3 is 0 Å². The van der Waals surface area contributed by atoms with Crippen LogP contribution in [-0.2, 0) is 13.1 Å². The number of hydrogen-bond donors (Lipinski definition) is 2. The van der Waals surface area contributed by atoms with Gasteiger partial charge in [0.25, 0.3) is 11.1 Å². The van der Waals surface area contributed by atoms with E-state index in [-0.39, 0.29) is 21.3 Å². The van der Waals surface area contributed by atoms with E-state index in [0.717, 1.165) is 11.8 Å². The number of fused-ring (bicyclic) bond motifs is 2. The van der Waals surface area contributed by atoms with Crippen LogP contribution in [0.1, 0.15) is 13.8 Å². The lowest BCUT2D eigenvalue weighted by Crippen LogP contribution is -2.24. The zero-order valence-electron chi connectivity index (χ0n) is 16.0. The van der Waals surface area contributed by atoms with Gasteiger partial charge in [-0.15, -0.1) is 0 Å². The molecule has 0 amide bonds. The Bertz CT molecular complexity index is 1270. The minimum atomic E-state index is -0.399. The average molecular weight is 408 g/mol. The predicted octanol–water partition coefficient (Wildman–Crippen LogP) is 3.92. The average Bonchev–Trinajstić information content (AvgIpc) is 2.74. The fourth-order valence-corrected chi connectivity index (χ4v) is 4.66. The number of benzene rings is 2. The van der Waals surface area contributed by atoms with Crippen molar-refractivity contribution in [3.8, 4) is 11.5 Å². The monoisotopic (exact) mass is 408 g/mol. The molecule has 2 N–H and O–H groups in total. The molecule has 0 aliphatic rings. The molecule has 148 valence electrons. The Morgan fingerprint density at radius 3 is 1.48 bits per heavy atom. The maximum absolute atomic E-state index is 13.1. The van der Waals surface area contributed by atoms with Gasteiger partial charge in [0.1, 0.15) is 21.3 Å². The number of nitrogens with zero attached hydrogens (tertiary/aromatic N) is 2. The van der Waals surface area contributed by atoms with E-state index in [9.17, 15) is 19.8 Å². The summed E-state index contributed by atoms with van der Waals surface area (Å²) in [5.74, 6) is -0.370. The normalized spacial score (nSPS) is 11.4. The largest absolute Gasteiger partial charge is 0.506 e. The topological polar surface area (TPSA) is 84.5 Å². The molecule has 2 aromatic heterocycles. The van der Waals surface area contributed by atoms with Crippen molar-refractivity contribution in [1.29, 1.82) is 0 Å². The number of aromatic nitrogens is 2. The van der Waals surface area contributed by atoms with Gasteiger partial charge in [-0.25, -0.2) is 0 Å². The van der Waals surface area contributed by atoms with E-state index in [2.05, 4.69) is 0 Å². The van der Waals surface area contributed by atoms with E-state index in [1.165, 1.54) is 0 Å². The zero-order valence-corrected chi connectivity index (χ0v) is 16.9. The summed E-state index contributed by atoms with van der Waals surface area (Å²) in [4.78, 5) is 26.2. The molecule has 2 aromatic carbocycles. The molecule has 0 saturated heterocycles. The first kappa shape index (κ1) is 19.1. The molecular formula is C22H20N2O4S. The summed E-state index contributed by atoms with van der Waals surface area (Å²) >= 11 is 0.816. The second kappa shape index (κ2) is 7.33. The molecule has 7 heteroatoms. The van der Waals surface area contributed by atoms with Crippen LogP contribution >= 0.6 is 11.8 Å². The maximum atomic E-state index is 13.1. The summed E-state index contributed by atoms with van der Waals surface area (Å²) < 4.78 is 3.10. The van der Waals surface area contributed by atoms with Crippen LogP contribution in [0.2, 0.25) is 0 Å². The van der Waals surface area contributed by atoms with Crippen LogP contribution in [0, 0.1) is 0 Å². The molecule has 0 unspecified atom stereocenters. The summed E-state index contributed by atoms with van der Waals surface area (Å²) in [5, 5.41) is 22.7. The Balaban J connectivity index is 2.03. The standard InChI is InChI=1S/C22H20N2O4S/c1-3-23-15-11-7-5-9-13(15)17(25)19(21(23)27)29-20-18(26)14-10-6-8-12-16(14)24(4-2)22(20)28/h5-12,25-26H,3-4H2,1-2H3. The van der Waals surface area contributed by atoms with Gasteiger partial charge in [-0.2, -0.15) is 0 Å². The molecule has 0 aliphatic carbocycles. The molecule has 4 aromatic rings. The van der Waals surface area contributed by atoms with Crippen molar-refractivity contribution in [2.45, 2.75) is 36.7 Å². The second-order valence-corrected chi connectivity index (χ2v) is 7.61. The molecule has 0 bridgehead atoms. The van der Waals surface area contributed by atoms with Crippen molar-refractivity contribution < 1.29 is 10.2 Å². The summed E-state index contributed by atoms with van der Waals surface area (Å²) in [5.41, 5.74) is 0.443. The molecule has 6 nitrogen and oxygen atoms in total. The zero-order chi connectivity index (χ0) is 20.7. The Labute approximate surface area is 170 Å². The van der Waals surface area contributed by atoms with E-state index in [4.69, 9.17) is 0 Å². The van der Waals surface area contributed by atoms with Crippen LogP contribution in [0.25, 0.3) is 21.8 Å². The predicted molar refractivity (Wildman–Crippen MR) is 115 cm³/mol. The number of rotatable bonds is 4. The van der Waals surface area contributed by atoms with Crippen LogP contribution in [0.4, 0.5) is 0 Å². The molecule has 4 rings (SSSR count). The molecule has 2 heterocycles. The van der Waals surface area contributed by atoms with Crippen molar-refractivity contribution in [2.75, 3.05) is 0 Å². The van der Waals surface area contributed by atoms with Gasteiger partial charge in [0.2, 0.25) is 0 Å². The molecule has 29 heavy (non-hydrogen) atoms. The fourth-order valence-electron chi connectivity index (χ4n) is 3.64. The van der Waals surface area contributed by atoms with Gasteiger partial charge in [-0.05, 0) is 38.1 Å². The highest BCUT2D eigenvalue weighted by atomic mass is 32.2. The number of para-hydroxylation sites is 2. The highest BCUT2D eigenvalue weighted by molar-refractivity contribution is 7.99. The summed E-state index contributed by atoms with van der Waals surface area (Å²) in [6, 6.07) is 14.1. The van der Waals surface area contributed by atoms with Crippen LogP contribution in [0.5, 0.6) is 11.5 Å². The molecule has 0 fully saturated rings. The molecule has 0 atom stereocenters. The van der Waals surface area contributed by atoms with Gasteiger partial charge in [-0.3, -0.25) is 9.59 Å². The van der Waals surface area contributed by atoms with Crippen molar-refractivity contribution in [1.82, 2.24) is 9.13 Å². The van der Waals surface area contributed by atoms with E-state index in [1.807, 2.05) is 13.8 Å². The van der Waals surface area contributed by atoms with Gasteiger partial charge in [0, 0.05) is 23.9 Å². The second-order valence-electron chi connectivity index (χ2n) is 6.59. The Morgan fingerprint density at radius 2 is 1.10 bits per heavy atom.